The van der Waals surface area contributed by atoms with Crippen LogP contribution in [-0.2, 0) is 15.6 Å². The van der Waals surface area contributed by atoms with E-state index in [-0.39, 0.29) is 16.6 Å². The van der Waals surface area contributed by atoms with Gasteiger partial charge in [0.05, 0.1) is 10.6 Å². The first kappa shape index (κ1) is 21.3. The molecule has 0 radical (unpaired) electrons. The van der Waals surface area contributed by atoms with E-state index >= 15 is 0 Å². The zero-order valence-corrected chi connectivity index (χ0v) is 18.4. The Labute approximate surface area is 187 Å². The zero-order chi connectivity index (χ0) is 21.8. The monoisotopic (exact) mass is 455 g/mol. The van der Waals surface area contributed by atoms with E-state index in [1.165, 1.54) is 0 Å². The third-order valence-electron chi connectivity index (χ3n) is 5.22. The third kappa shape index (κ3) is 5.06. The molecule has 2 aromatic carbocycles. The molecule has 0 aliphatic carbocycles. The Bertz CT molecular complexity index is 1180. The van der Waals surface area contributed by atoms with E-state index in [1.807, 2.05) is 12.1 Å². The van der Waals surface area contributed by atoms with Crippen LogP contribution in [0.4, 0.5) is 5.82 Å². The van der Waals surface area contributed by atoms with Gasteiger partial charge < -0.3 is 9.80 Å². The van der Waals surface area contributed by atoms with Gasteiger partial charge in [0.2, 0.25) is 0 Å². The van der Waals surface area contributed by atoms with Crippen LogP contribution in [0.1, 0.15) is 15.9 Å². The largest absolute Gasteiger partial charge is 0.353 e. The minimum Gasteiger partial charge on any atom is -0.353 e. The number of hydrogen-bond acceptors (Lipinski definition) is 5. The number of benzene rings is 2. The van der Waals surface area contributed by atoms with Gasteiger partial charge in [0.15, 0.2) is 9.84 Å². The van der Waals surface area contributed by atoms with Crippen LogP contribution in [-0.4, -0.2) is 50.4 Å². The molecule has 1 saturated heterocycles. The molecule has 1 amide bonds. The van der Waals surface area contributed by atoms with E-state index in [0.717, 1.165) is 5.82 Å². The summed E-state index contributed by atoms with van der Waals surface area (Å²) < 4.78 is 25.3. The highest BCUT2D eigenvalue weighted by Crippen LogP contribution is 2.20. The summed E-state index contributed by atoms with van der Waals surface area (Å²) in [5.74, 6) is 0.553. The summed E-state index contributed by atoms with van der Waals surface area (Å²) in [5, 5.41) is 0.443. The Morgan fingerprint density at radius 1 is 0.903 bits per heavy atom. The topological polar surface area (TPSA) is 70.6 Å². The molecule has 1 fully saturated rings. The van der Waals surface area contributed by atoms with Crippen molar-refractivity contribution in [1.82, 2.24) is 9.88 Å². The Hall–Kier alpha value is -2.90. The number of pyridine rings is 1. The summed E-state index contributed by atoms with van der Waals surface area (Å²) in [6, 6.07) is 20.7. The van der Waals surface area contributed by atoms with Crippen molar-refractivity contribution in [2.24, 2.45) is 0 Å². The molecule has 8 heteroatoms. The molecule has 3 aromatic rings. The van der Waals surface area contributed by atoms with Crippen LogP contribution in [0.15, 0.2) is 77.7 Å². The van der Waals surface area contributed by atoms with Crippen LogP contribution < -0.4 is 4.90 Å². The lowest BCUT2D eigenvalue weighted by Crippen LogP contribution is -2.49. The Balaban J connectivity index is 1.43. The van der Waals surface area contributed by atoms with Crippen LogP contribution >= 0.6 is 11.6 Å². The normalized spacial score (nSPS) is 14.5. The van der Waals surface area contributed by atoms with Gasteiger partial charge in [0.1, 0.15) is 11.0 Å². The molecule has 2 heterocycles. The van der Waals surface area contributed by atoms with Gasteiger partial charge >= 0.3 is 0 Å². The molecule has 31 heavy (non-hydrogen) atoms. The van der Waals surface area contributed by atoms with Crippen LogP contribution in [0.5, 0.6) is 0 Å². The Kier molecular flexibility index (Phi) is 6.25. The van der Waals surface area contributed by atoms with Gasteiger partial charge in [-0.3, -0.25) is 4.79 Å². The van der Waals surface area contributed by atoms with E-state index in [1.54, 1.807) is 65.6 Å². The van der Waals surface area contributed by atoms with Crippen LogP contribution in [0.3, 0.4) is 0 Å². The van der Waals surface area contributed by atoms with Crippen LogP contribution in [0.2, 0.25) is 5.15 Å². The molecule has 0 saturated carbocycles. The summed E-state index contributed by atoms with van der Waals surface area (Å²) in [6.45, 7) is 2.42. The maximum absolute atomic E-state index is 13.0. The lowest BCUT2D eigenvalue weighted by Gasteiger charge is -2.35. The van der Waals surface area contributed by atoms with E-state index in [9.17, 15) is 13.2 Å². The van der Waals surface area contributed by atoms with Gasteiger partial charge in [-0.2, -0.15) is 0 Å². The average molecular weight is 456 g/mol. The maximum Gasteiger partial charge on any atom is 0.253 e. The number of amides is 1. The predicted octanol–water partition coefficient (Wildman–Crippen LogP) is 3.67. The maximum atomic E-state index is 13.0. The summed E-state index contributed by atoms with van der Waals surface area (Å²) in [6.07, 6.45) is 0. The lowest BCUT2D eigenvalue weighted by atomic mass is 10.1. The minimum atomic E-state index is -3.47. The first-order valence-electron chi connectivity index (χ1n) is 9.96. The molecule has 0 unspecified atom stereocenters. The van der Waals surface area contributed by atoms with Crippen LogP contribution in [0.25, 0.3) is 0 Å². The second-order valence-electron chi connectivity index (χ2n) is 7.37. The molecule has 4 rings (SSSR count). The molecule has 6 nitrogen and oxygen atoms in total. The fourth-order valence-electron chi connectivity index (χ4n) is 3.62. The number of aromatic nitrogens is 1. The summed E-state index contributed by atoms with van der Waals surface area (Å²) in [4.78, 5) is 21.5. The van der Waals surface area contributed by atoms with Crippen molar-refractivity contribution in [2.45, 2.75) is 10.6 Å². The molecular weight excluding hydrogens is 434 g/mol. The summed E-state index contributed by atoms with van der Waals surface area (Å²) >= 11 is 5.98. The predicted molar refractivity (Wildman–Crippen MR) is 121 cm³/mol. The van der Waals surface area contributed by atoms with E-state index in [2.05, 4.69) is 9.88 Å². The van der Waals surface area contributed by atoms with Crippen molar-refractivity contribution in [3.63, 3.8) is 0 Å². The molecule has 0 atom stereocenters. The number of nitrogens with zero attached hydrogens (tertiary/aromatic N) is 3. The van der Waals surface area contributed by atoms with Gasteiger partial charge in [0, 0.05) is 31.7 Å². The quantitative estimate of drug-likeness (QED) is 0.549. The minimum absolute atomic E-state index is 0.0994. The highest BCUT2D eigenvalue weighted by molar-refractivity contribution is 7.90. The highest BCUT2D eigenvalue weighted by Gasteiger charge is 2.23. The van der Waals surface area contributed by atoms with E-state index in [0.29, 0.717) is 42.5 Å². The standard InChI is InChI=1S/C23H22ClN3O3S/c24-21-10-5-11-22(25-21)26-12-14-27(15-13-26)23(28)19-7-4-6-18(16-19)17-31(29,30)20-8-2-1-3-9-20/h1-11,16H,12-15,17H2. The van der Waals surface area contributed by atoms with Crippen molar-refractivity contribution in [2.75, 3.05) is 31.1 Å². The summed E-state index contributed by atoms with van der Waals surface area (Å²) in [7, 11) is -3.47. The number of anilines is 1. The SMILES string of the molecule is O=C(c1cccc(CS(=O)(=O)c2ccccc2)c1)N1CCN(c2cccc(Cl)n2)CC1. The molecule has 1 aliphatic rings. The highest BCUT2D eigenvalue weighted by atomic mass is 35.5. The first-order valence-corrected chi connectivity index (χ1v) is 12.0. The molecule has 160 valence electrons. The number of halogens is 1. The fraction of sp³-hybridized carbons (Fsp3) is 0.217. The molecular formula is C23H22ClN3O3S. The van der Waals surface area contributed by atoms with Gasteiger partial charge in [-0.15, -0.1) is 0 Å². The number of rotatable bonds is 5. The molecule has 0 N–H and O–H groups in total. The van der Waals surface area contributed by atoms with Crippen molar-refractivity contribution in [3.8, 4) is 0 Å². The third-order valence-corrected chi connectivity index (χ3v) is 7.14. The lowest BCUT2D eigenvalue weighted by molar-refractivity contribution is 0.0746. The average Bonchev–Trinajstić information content (AvgIpc) is 2.79. The second-order valence-corrected chi connectivity index (χ2v) is 9.75. The van der Waals surface area contributed by atoms with Crippen molar-refractivity contribution < 1.29 is 13.2 Å². The number of sulfone groups is 1. The van der Waals surface area contributed by atoms with Gasteiger partial charge in [-0.05, 0) is 42.0 Å². The molecule has 1 aliphatic heterocycles. The fourth-order valence-corrected chi connectivity index (χ4v) is 5.14. The van der Waals surface area contributed by atoms with E-state index < -0.39 is 9.84 Å². The Morgan fingerprint density at radius 3 is 2.32 bits per heavy atom. The number of carbonyl (C=O) groups is 1. The molecule has 0 spiro atoms. The number of hydrogen-bond donors (Lipinski definition) is 0. The Morgan fingerprint density at radius 2 is 1.61 bits per heavy atom. The van der Waals surface area contributed by atoms with Crippen molar-refractivity contribution in [3.05, 3.63) is 89.1 Å². The first-order chi connectivity index (χ1) is 14.9. The van der Waals surface area contributed by atoms with Gasteiger partial charge in [-0.1, -0.05) is 48.0 Å². The van der Waals surface area contributed by atoms with Crippen molar-refractivity contribution >= 4 is 33.2 Å². The van der Waals surface area contributed by atoms with Crippen LogP contribution in [0, 0.1) is 0 Å². The summed E-state index contributed by atoms with van der Waals surface area (Å²) in [5.41, 5.74) is 1.09. The van der Waals surface area contributed by atoms with E-state index in [4.69, 9.17) is 11.6 Å². The smallest absolute Gasteiger partial charge is 0.253 e. The zero-order valence-electron chi connectivity index (χ0n) is 16.8. The molecule has 0 bridgehead atoms. The van der Waals surface area contributed by atoms with Gasteiger partial charge in [0.25, 0.3) is 5.91 Å². The van der Waals surface area contributed by atoms with Crippen molar-refractivity contribution in [1.29, 1.82) is 0 Å². The van der Waals surface area contributed by atoms with Gasteiger partial charge in [-0.25, -0.2) is 13.4 Å². The number of piperazine rings is 1. The number of carbonyl (C=O) groups excluding carboxylic acids is 1. The second kappa shape index (κ2) is 9.08. The molecule has 1 aromatic heterocycles.